The van der Waals surface area contributed by atoms with Crippen LogP contribution in [-0.2, 0) is 7.80 Å². The van der Waals surface area contributed by atoms with Crippen molar-refractivity contribution in [3.63, 3.8) is 0 Å². The van der Waals surface area contributed by atoms with Gasteiger partial charge < -0.3 is 12.9 Å². The SMILES string of the molecule is O=N[C@@H]1[C@@H](CO)O[C@@H](n2ccc(NC(=O)OI)nc2=O)C1(F)F. The lowest BCUT2D eigenvalue weighted by Crippen LogP contribution is -2.40. The second-order valence-corrected chi connectivity index (χ2v) is 4.87. The molecule has 0 aromatic carbocycles. The second kappa shape index (κ2) is 6.79. The quantitative estimate of drug-likeness (QED) is 0.517. The van der Waals surface area contributed by atoms with E-state index in [1.54, 1.807) is 0 Å². The normalized spacial score (nSPS) is 25.8. The Balaban J connectivity index is 2.33. The van der Waals surface area contributed by atoms with Gasteiger partial charge >= 0.3 is 17.7 Å². The molecule has 2 N–H and O–H groups in total. The summed E-state index contributed by atoms with van der Waals surface area (Å²) in [5.41, 5.74) is -1.16. The summed E-state index contributed by atoms with van der Waals surface area (Å²) in [6, 6.07) is -1.08. The number of aromatic nitrogens is 2. The predicted octanol–water partition coefficient (Wildman–Crippen LogP) is 0.802. The summed E-state index contributed by atoms with van der Waals surface area (Å²) >= 11 is 1.30. The summed E-state index contributed by atoms with van der Waals surface area (Å²) in [6.07, 6.45) is -3.72. The van der Waals surface area contributed by atoms with E-state index in [9.17, 15) is 23.3 Å². The molecule has 0 saturated carbocycles. The van der Waals surface area contributed by atoms with Crippen molar-refractivity contribution >= 4 is 34.9 Å². The molecule has 126 valence electrons. The van der Waals surface area contributed by atoms with Gasteiger partial charge in [0, 0.05) is 6.20 Å². The van der Waals surface area contributed by atoms with E-state index in [2.05, 4.69) is 18.5 Å². The number of nitroso groups, excluding NO2 is 1. The average molecular weight is 446 g/mol. The van der Waals surface area contributed by atoms with Crippen molar-refractivity contribution in [2.75, 3.05) is 11.9 Å². The Bertz CT molecular complexity index is 671. The van der Waals surface area contributed by atoms with Crippen LogP contribution < -0.4 is 11.0 Å². The van der Waals surface area contributed by atoms with E-state index in [0.29, 0.717) is 4.57 Å². The number of hydrogen-bond donors (Lipinski definition) is 2. The number of hydrogen-bond acceptors (Lipinski definition) is 8. The molecular weight excluding hydrogens is 437 g/mol. The van der Waals surface area contributed by atoms with Crippen LogP contribution in [0.15, 0.2) is 22.2 Å². The van der Waals surface area contributed by atoms with Crippen LogP contribution in [0.1, 0.15) is 6.23 Å². The first-order valence-corrected chi connectivity index (χ1v) is 6.88. The number of nitrogens with one attached hydrogen (secondary N) is 1. The number of amides is 1. The van der Waals surface area contributed by atoms with Gasteiger partial charge in [0.1, 0.15) is 11.9 Å². The van der Waals surface area contributed by atoms with Crippen molar-refractivity contribution in [2.24, 2.45) is 5.18 Å². The lowest BCUT2D eigenvalue weighted by molar-refractivity contribution is -0.122. The molecule has 0 radical (unpaired) electrons. The molecule has 1 aliphatic heterocycles. The monoisotopic (exact) mass is 446 g/mol. The van der Waals surface area contributed by atoms with Crippen LogP contribution in [0.5, 0.6) is 0 Å². The standard InChI is InChI=1S/C10H9F2IN4O6/c11-10(12)6(16-21)4(3-18)22-7(10)17-2-1-5(14-8(17)19)15-9(20)23-13/h1-2,4,6-7,18H,3H2,(H,14,15,19,20)/t4-,6-,7-/m1/s1. The van der Waals surface area contributed by atoms with Gasteiger partial charge in [-0.2, -0.15) is 18.7 Å². The third kappa shape index (κ3) is 3.30. The molecule has 2 heterocycles. The summed E-state index contributed by atoms with van der Waals surface area (Å²) in [7, 11) is 0. The number of aliphatic hydroxyl groups excluding tert-OH is 1. The van der Waals surface area contributed by atoms with Crippen molar-refractivity contribution in [3.8, 4) is 0 Å². The second-order valence-electron chi connectivity index (χ2n) is 4.43. The summed E-state index contributed by atoms with van der Waals surface area (Å²) in [5, 5.41) is 13.3. The molecule has 1 aromatic rings. The molecule has 3 atom stereocenters. The highest BCUT2D eigenvalue weighted by Gasteiger charge is 2.61. The highest BCUT2D eigenvalue weighted by molar-refractivity contribution is 14.1. The van der Waals surface area contributed by atoms with E-state index >= 15 is 0 Å². The summed E-state index contributed by atoms with van der Waals surface area (Å²) in [5.74, 6) is -4.05. The first kappa shape index (κ1) is 17.6. The maximum atomic E-state index is 14.1. The molecule has 0 bridgehead atoms. The number of nitrogens with zero attached hydrogens (tertiary/aromatic N) is 3. The van der Waals surface area contributed by atoms with Crippen molar-refractivity contribution in [2.45, 2.75) is 24.3 Å². The largest absolute Gasteiger partial charge is 0.422 e. The van der Waals surface area contributed by atoms with Crippen LogP contribution >= 0.6 is 23.0 Å². The number of carbonyl (C=O) groups is 1. The molecule has 1 aliphatic rings. The fourth-order valence-electron chi connectivity index (χ4n) is 2.04. The van der Waals surface area contributed by atoms with Crippen LogP contribution in [-0.4, -0.2) is 45.4 Å². The fourth-order valence-corrected chi connectivity index (χ4v) is 2.15. The van der Waals surface area contributed by atoms with Gasteiger partial charge in [0.15, 0.2) is 29.0 Å². The summed E-state index contributed by atoms with van der Waals surface area (Å²) < 4.78 is 37.8. The van der Waals surface area contributed by atoms with E-state index in [0.717, 1.165) is 12.3 Å². The molecule has 13 heteroatoms. The molecule has 1 amide bonds. The zero-order valence-electron chi connectivity index (χ0n) is 11.1. The lowest BCUT2D eigenvalue weighted by Gasteiger charge is -2.20. The predicted molar refractivity (Wildman–Crippen MR) is 78.1 cm³/mol. The van der Waals surface area contributed by atoms with E-state index in [4.69, 9.17) is 9.84 Å². The van der Waals surface area contributed by atoms with E-state index in [1.165, 1.54) is 23.0 Å². The molecule has 10 nitrogen and oxygen atoms in total. The number of aliphatic hydroxyl groups is 1. The van der Waals surface area contributed by atoms with E-state index < -0.39 is 42.7 Å². The molecule has 0 aliphatic carbocycles. The van der Waals surface area contributed by atoms with Gasteiger partial charge in [-0.25, -0.2) is 9.59 Å². The highest BCUT2D eigenvalue weighted by atomic mass is 127. The summed E-state index contributed by atoms with van der Waals surface area (Å²) in [6.45, 7) is -0.869. The average Bonchev–Trinajstić information content (AvgIpc) is 2.77. The topological polar surface area (TPSA) is 132 Å². The number of alkyl halides is 2. The molecule has 1 saturated heterocycles. The fraction of sp³-hybridized carbons (Fsp3) is 0.500. The lowest BCUT2D eigenvalue weighted by atomic mass is 10.1. The Labute approximate surface area is 140 Å². The Hall–Kier alpha value is -1.74. The van der Waals surface area contributed by atoms with Crippen LogP contribution in [0.25, 0.3) is 0 Å². The van der Waals surface area contributed by atoms with Crippen molar-refractivity contribution < 1.29 is 26.5 Å². The Morgan fingerprint density at radius 3 is 2.83 bits per heavy atom. The van der Waals surface area contributed by atoms with Gasteiger partial charge in [0.25, 0.3) is 0 Å². The minimum absolute atomic E-state index is 0.224. The minimum atomic E-state index is -3.82. The van der Waals surface area contributed by atoms with Crippen LogP contribution in [0.3, 0.4) is 0 Å². The highest BCUT2D eigenvalue weighted by Crippen LogP contribution is 2.43. The minimum Gasteiger partial charge on any atom is -0.394 e. The number of carbonyl (C=O) groups excluding carboxylic acids is 1. The summed E-state index contributed by atoms with van der Waals surface area (Å²) in [4.78, 5) is 36.8. The van der Waals surface area contributed by atoms with Gasteiger partial charge in [0.2, 0.25) is 6.23 Å². The Kier molecular flexibility index (Phi) is 5.20. The van der Waals surface area contributed by atoms with Crippen LogP contribution in [0.4, 0.5) is 19.4 Å². The van der Waals surface area contributed by atoms with Crippen molar-refractivity contribution in [3.05, 3.63) is 27.7 Å². The van der Waals surface area contributed by atoms with Crippen molar-refractivity contribution in [1.82, 2.24) is 9.55 Å². The van der Waals surface area contributed by atoms with Gasteiger partial charge in [-0.15, -0.1) is 0 Å². The van der Waals surface area contributed by atoms with Crippen molar-refractivity contribution in [1.29, 1.82) is 0 Å². The molecule has 2 rings (SSSR count). The maximum Gasteiger partial charge on any atom is 0.422 e. The van der Waals surface area contributed by atoms with Gasteiger partial charge in [0.05, 0.1) is 6.61 Å². The molecular formula is C10H9F2IN4O6. The van der Waals surface area contributed by atoms with Crippen LogP contribution in [0.2, 0.25) is 0 Å². The molecule has 23 heavy (non-hydrogen) atoms. The molecule has 1 fully saturated rings. The Morgan fingerprint density at radius 1 is 1.65 bits per heavy atom. The Morgan fingerprint density at radius 2 is 2.35 bits per heavy atom. The number of anilines is 1. The van der Waals surface area contributed by atoms with Gasteiger partial charge in [-0.1, -0.05) is 5.18 Å². The van der Waals surface area contributed by atoms with Crippen LogP contribution in [0, 0.1) is 4.91 Å². The smallest absolute Gasteiger partial charge is 0.394 e. The first-order chi connectivity index (χ1) is 10.8. The molecule has 0 spiro atoms. The van der Waals surface area contributed by atoms with Gasteiger partial charge in [-0.3, -0.25) is 9.88 Å². The first-order valence-electron chi connectivity index (χ1n) is 6.00. The van der Waals surface area contributed by atoms with E-state index in [1.807, 2.05) is 0 Å². The number of halogens is 3. The third-order valence-electron chi connectivity index (χ3n) is 3.06. The van der Waals surface area contributed by atoms with E-state index in [-0.39, 0.29) is 5.82 Å². The molecule has 0 unspecified atom stereocenters. The number of ether oxygens (including phenoxy) is 1. The third-order valence-corrected chi connectivity index (χ3v) is 3.46. The van der Waals surface area contributed by atoms with Gasteiger partial charge in [-0.05, 0) is 6.07 Å². The number of rotatable bonds is 4. The molecule has 1 aromatic heterocycles. The zero-order chi connectivity index (χ0) is 17.2. The maximum absolute atomic E-state index is 14.1. The zero-order valence-corrected chi connectivity index (χ0v) is 13.2.